The maximum absolute atomic E-state index is 11.9. The van der Waals surface area contributed by atoms with Crippen molar-refractivity contribution < 1.29 is 9.53 Å². The Morgan fingerprint density at radius 1 is 1.12 bits per heavy atom. The Hall–Kier alpha value is -2.11. The molecule has 2 N–H and O–H groups in total. The van der Waals surface area contributed by atoms with Crippen molar-refractivity contribution in [2.24, 2.45) is 5.73 Å². The average Bonchev–Trinajstić information content (AvgIpc) is 2.85. The third-order valence-electron chi connectivity index (χ3n) is 4.80. The zero-order valence-corrected chi connectivity index (χ0v) is 14.4. The first-order valence-corrected chi connectivity index (χ1v) is 8.44. The summed E-state index contributed by atoms with van der Waals surface area (Å²) in [6.07, 6.45) is 0. The van der Waals surface area contributed by atoms with E-state index in [4.69, 9.17) is 10.5 Å². The molecule has 5 nitrogen and oxygen atoms in total. The molecule has 3 rings (SSSR count). The Kier molecular flexibility index (Phi) is 5.02. The minimum atomic E-state index is -0.354. The summed E-state index contributed by atoms with van der Waals surface area (Å²) in [5.41, 5.74) is 10.4. The van der Waals surface area contributed by atoms with Crippen molar-refractivity contribution in [1.29, 1.82) is 0 Å². The molecule has 5 heteroatoms. The molecular weight excluding hydrogens is 302 g/mol. The molecule has 128 valence electrons. The van der Waals surface area contributed by atoms with E-state index in [9.17, 15) is 4.79 Å². The lowest BCUT2D eigenvalue weighted by Gasteiger charge is -2.27. The van der Waals surface area contributed by atoms with E-state index in [2.05, 4.69) is 21.6 Å². The molecule has 2 heterocycles. The van der Waals surface area contributed by atoms with Gasteiger partial charge in [-0.2, -0.15) is 0 Å². The first kappa shape index (κ1) is 16.7. The van der Waals surface area contributed by atoms with Crippen LogP contribution >= 0.6 is 0 Å². The molecule has 0 radical (unpaired) electrons. The van der Waals surface area contributed by atoms with Crippen LogP contribution < -0.4 is 5.73 Å². The second-order valence-electron chi connectivity index (χ2n) is 6.27. The highest BCUT2D eigenvalue weighted by Gasteiger charge is 2.22. The molecule has 0 saturated carbocycles. The van der Waals surface area contributed by atoms with Crippen LogP contribution in [0.1, 0.15) is 21.6 Å². The van der Waals surface area contributed by atoms with Gasteiger partial charge in [0.1, 0.15) is 0 Å². The van der Waals surface area contributed by atoms with Gasteiger partial charge in [-0.05, 0) is 25.0 Å². The van der Waals surface area contributed by atoms with Gasteiger partial charge in [0.25, 0.3) is 5.91 Å². The van der Waals surface area contributed by atoms with Crippen LogP contribution in [0.25, 0.3) is 11.3 Å². The Morgan fingerprint density at radius 3 is 2.42 bits per heavy atom. The van der Waals surface area contributed by atoms with Crippen LogP contribution in [0.4, 0.5) is 0 Å². The molecule has 1 saturated heterocycles. The number of morpholine rings is 1. The molecule has 1 amide bonds. The van der Waals surface area contributed by atoms with Crippen LogP contribution in [0.15, 0.2) is 30.3 Å². The Labute approximate surface area is 143 Å². The second kappa shape index (κ2) is 7.20. The number of nitrogens with zero attached hydrogens (tertiary/aromatic N) is 2. The van der Waals surface area contributed by atoms with E-state index in [0.29, 0.717) is 5.56 Å². The van der Waals surface area contributed by atoms with Crippen LogP contribution in [-0.2, 0) is 11.3 Å². The normalized spacial score (nSPS) is 15.6. The summed E-state index contributed by atoms with van der Waals surface area (Å²) in [6, 6.07) is 10.2. The molecule has 1 aromatic heterocycles. The van der Waals surface area contributed by atoms with Crippen molar-refractivity contribution in [2.75, 3.05) is 32.8 Å². The molecule has 1 aliphatic heterocycles. The number of hydrogen-bond acceptors (Lipinski definition) is 3. The first-order valence-electron chi connectivity index (χ1n) is 8.44. The van der Waals surface area contributed by atoms with Gasteiger partial charge in [0.05, 0.1) is 24.5 Å². The smallest absolute Gasteiger partial charge is 0.250 e. The van der Waals surface area contributed by atoms with Crippen LogP contribution in [0.5, 0.6) is 0 Å². The van der Waals surface area contributed by atoms with Crippen molar-refractivity contribution in [1.82, 2.24) is 9.47 Å². The monoisotopic (exact) mass is 327 g/mol. The number of nitrogens with two attached hydrogens (primary N) is 1. The maximum Gasteiger partial charge on any atom is 0.250 e. The molecule has 0 atom stereocenters. The molecular formula is C19H25N3O2. The Morgan fingerprint density at radius 2 is 1.79 bits per heavy atom. The number of primary amides is 1. The predicted molar refractivity (Wildman–Crippen MR) is 95.1 cm³/mol. The van der Waals surface area contributed by atoms with E-state index < -0.39 is 0 Å². The number of carbonyl (C=O) groups is 1. The van der Waals surface area contributed by atoms with Gasteiger partial charge >= 0.3 is 0 Å². The number of ether oxygens (including phenoxy) is 1. The molecule has 1 fully saturated rings. The van der Waals surface area contributed by atoms with Crippen molar-refractivity contribution in [2.45, 2.75) is 20.4 Å². The fourth-order valence-electron chi connectivity index (χ4n) is 3.57. The van der Waals surface area contributed by atoms with E-state index in [-0.39, 0.29) is 5.91 Å². The molecule has 1 aliphatic rings. The van der Waals surface area contributed by atoms with Crippen LogP contribution in [0.3, 0.4) is 0 Å². The van der Waals surface area contributed by atoms with E-state index >= 15 is 0 Å². The summed E-state index contributed by atoms with van der Waals surface area (Å²) in [5, 5.41) is 0. The van der Waals surface area contributed by atoms with E-state index in [1.165, 1.54) is 0 Å². The van der Waals surface area contributed by atoms with E-state index in [0.717, 1.165) is 61.9 Å². The lowest BCUT2D eigenvalue weighted by molar-refractivity contribution is 0.0364. The van der Waals surface area contributed by atoms with Gasteiger partial charge in [0.15, 0.2) is 0 Å². The van der Waals surface area contributed by atoms with Crippen LogP contribution in [-0.4, -0.2) is 48.2 Å². The number of benzene rings is 1. The standard InChI is InChI=1S/C19H25N3O2/c1-14-17(19(20)23)15(2)22(9-8-21-10-12-24-13-11-21)18(14)16-6-4-3-5-7-16/h3-7H,8-13H2,1-2H3,(H2,20,23). The zero-order chi connectivity index (χ0) is 17.1. The largest absolute Gasteiger partial charge is 0.379 e. The molecule has 0 aliphatic carbocycles. The summed E-state index contributed by atoms with van der Waals surface area (Å²) >= 11 is 0. The molecule has 0 unspecified atom stereocenters. The minimum absolute atomic E-state index is 0.354. The highest BCUT2D eigenvalue weighted by molar-refractivity contribution is 5.97. The number of hydrogen-bond donors (Lipinski definition) is 1. The fraction of sp³-hybridized carbons (Fsp3) is 0.421. The van der Waals surface area contributed by atoms with Crippen LogP contribution in [0, 0.1) is 13.8 Å². The highest BCUT2D eigenvalue weighted by atomic mass is 16.5. The summed E-state index contributed by atoms with van der Waals surface area (Å²) in [4.78, 5) is 14.3. The summed E-state index contributed by atoms with van der Waals surface area (Å²) in [6.45, 7) is 9.26. The number of carbonyl (C=O) groups excluding carboxylic acids is 1. The lowest BCUT2D eigenvalue weighted by Crippen LogP contribution is -2.38. The minimum Gasteiger partial charge on any atom is -0.379 e. The molecule has 24 heavy (non-hydrogen) atoms. The van der Waals surface area contributed by atoms with Gasteiger partial charge in [-0.25, -0.2) is 0 Å². The van der Waals surface area contributed by atoms with E-state index in [1.54, 1.807) is 0 Å². The molecule has 1 aromatic carbocycles. The zero-order valence-electron chi connectivity index (χ0n) is 14.4. The third kappa shape index (κ3) is 3.23. The number of aromatic nitrogens is 1. The quantitative estimate of drug-likeness (QED) is 0.916. The summed E-state index contributed by atoms with van der Waals surface area (Å²) in [5.74, 6) is -0.354. The van der Waals surface area contributed by atoms with Crippen molar-refractivity contribution in [3.63, 3.8) is 0 Å². The number of amides is 1. The maximum atomic E-state index is 11.9. The summed E-state index contributed by atoms with van der Waals surface area (Å²) in [7, 11) is 0. The molecule has 2 aromatic rings. The SMILES string of the molecule is Cc1c(C(N)=O)c(C)n(CCN2CCOCC2)c1-c1ccccc1. The van der Waals surface area contributed by atoms with E-state index in [1.807, 2.05) is 32.0 Å². The second-order valence-corrected chi connectivity index (χ2v) is 6.27. The number of rotatable bonds is 5. The van der Waals surface area contributed by atoms with Gasteiger partial charge in [0, 0.05) is 31.9 Å². The average molecular weight is 327 g/mol. The predicted octanol–water partition coefficient (Wildman–Crippen LogP) is 2.20. The van der Waals surface area contributed by atoms with Gasteiger partial charge in [-0.1, -0.05) is 30.3 Å². The topological polar surface area (TPSA) is 60.5 Å². The highest BCUT2D eigenvalue weighted by Crippen LogP contribution is 2.31. The van der Waals surface area contributed by atoms with Crippen molar-refractivity contribution >= 4 is 5.91 Å². The van der Waals surface area contributed by atoms with Crippen molar-refractivity contribution in [3.8, 4) is 11.3 Å². The molecule has 0 spiro atoms. The molecule has 0 bridgehead atoms. The van der Waals surface area contributed by atoms with Crippen LogP contribution in [0.2, 0.25) is 0 Å². The van der Waals surface area contributed by atoms with Gasteiger partial charge in [0.2, 0.25) is 0 Å². The Balaban J connectivity index is 1.96. The first-order chi connectivity index (χ1) is 11.6. The fourth-order valence-corrected chi connectivity index (χ4v) is 3.57. The van der Waals surface area contributed by atoms with Gasteiger partial charge < -0.3 is 15.0 Å². The Bertz CT molecular complexity index is 716. The van der Waals surface area contributed by atoms with Gasteiger partial charge in [-0.3, -0.25) is 9.69 Å². The van der Waals surface area contributed by atoms with Crippen molar-refractivity contribution in [3.05, 3.63) is 47.2 Å². The lowest BCUT2D eigenvalue weighted by atomic mass is 10.1. The van der Waals surface area contributed by atoms with Gasteiger partial charge in [-0.15, -0.1) is 0 Å². The third-order valence-corrected chi connectivity index (χ3v) is 4.80. The summed E-state index contributed by atoms with van der Waals surface area (Å²) < 4.78 is 7.65.